The third-order valence-electron chi connectivity index (χ3n) is 4.92. The Morgan fingerprint density at radius 3 is 2.54 bits per heavy atom. The van der Waals surface area contributed by atoms with Gasteiger partial charge in [0.15, 0.2) is 5.17 Å². The second-order valence-corrected chi connectivity index (χ2v) is 8.52. The zero-order chi connectivity index (χ0) is 20.4. The summed E-state index contributed by atoms with van der Waals surface area (Å²) in [6, 6.07) is 7.53. The van der Waals surface area contributed by atoms with E-state index >= 15 is 0 Å². The minimum atomic E-state index is -0.534. The summed E-state index contributed by atoms with van der Waals surface area (Å²) < 4.78 is 10.3. The number of benzene rings is 1. The van der Waals surface area contributed by atoms with Crippen LogP contribution < -0.4 is 0 Å². The lowest BCUT2D eigenvalue weighted by Gasteiger charge is -2.33. The quantitative estimate of drug-likeness (QED) is 0.537. The summed E-state index contributed by atoms with van der Waals surface area (Å²) in [5.74, 6) is -0.110. The Morgan fingerprint density at radius 1 is 1.25 bits per heavy atom. The van der Waals surface area contributed by atoms with Crippen molar-refractivity contribution in [3.63, 3.8) is 0 Å². The molecule has 150 valence electrons. The highest BCUT2D eigenvalue weighted by Gasteiger charge is 2.46. The van der Waals surface area contributed by atoms with Crippen molar-refractivity contribution < 1.29 is 19.1 Å². The Morgan fingerprint density at radius 2 is 1.93 bits per heavy atom. The average Bonchev–Trinajstić information content (AvgIpc) is 2.94. The number of ether oxygens (including phenoxy) is 2. The van der Waals surface area contributed by atoms with Crippen LogP contribution in [-0.2, 0) is 19.1 Å². The van der Waals surface area contributed by atoms with Crippen molar-refractivity contribution in [1.29, 1.82) is 0 Å². The number of carbonyl (C=O) groups excluding carboxylic acids is 2. The molecule has 0 aromatic heterocycles. The van der Waals surface area contributed by atoms with E-state index < -0.39 is 12.0 Å². The van der Waals surface area contributed by atoms with Gasteiger partial charge in [0.25, 0.3) is 0 Å². The molecule has 7 heteroatoms. The number of rotatable bonds is 6. The molecule has 0 radical (unpaired) electrons. The lowest BCUT2D eigenvalue weighted by Crippen LogP contribution is -2.40. The molecule has 1 fully saturated rings. The van der Waals surface area contributed by atoms with Crippen molar-refractivity contribution in [3.05, 3.63) is 46.7 Å². The number of methoxy groups -OCH3 is 1. The molecule has 2 atom stereocenters. The number of amidine groups is 1. The summed E-state index contributed by atoms with van der Waals surface area (Å²) in [7, 11) is 1.55. The van der Waals surface area contributed by atoms with Crippen molar-refractivity contribution in [2.45, 2.75) is 44.9 Å². The smallest absolute Gasteiger partial charge is 0.338 e. The summed E-state index contributed by atoms with van der Waals surface area (Å²) in [4.78, 5) is 31.9. The molecule has 1 aromatic carbocycles. The molecule has 0 saturated carbocycles. The topological polar surface area (TPSA) is 68.2 Å². The first kappa shape index (κ1) is 20.6. The van der Waals surface area contributed by atoms with Gasteiger partial charge in [-0.3, -0.25) is 9.69 Å². The second kappa shape index (κ2) is 8.49. The lowest BCUT2D eigenvalue weighted by molar-refractivity contribution is -0.141. The van der Waals surface area contributed by atoms with Crippen LogP contribution in [0.2, 0.25) is 0 Å². The zero-order valence-corrected chi connectivity index (χ0v) is 17.7. The second-order valence-electron chi connectivity index (χ2n) is 7.21. The number of thioether (sulfide) groups is 1. The van der Waals surface area contributed by atoms with Crippen molar-refractivity contribution in [1.82, 2.24) is 4.90 Å². The number of fused-ring (bicyclic) bond motifs is 1. The Balaban J connectivity index is 2.03. The average molecular weight is 403 g/mol. The van der Waals surface area contributed by atoms with Gasteiger partial charge in [-0.2, -0.15) is 0 Å². The molecule has 0 N–H and O–H groups in total. The number of esters is 1. The monoisotopic (exact) mass is 402 g/mol. The van der Waals surface area contributed by atoms with Gasteiger partial charge in [0.1, 0.15) is 6.61 Å². The van der Waals surface area contributed by atoms with Gasteiger partial charge in [-0.1, -0.05) is 49.9 Å². The highest BCUT2D eigenvalue weighted by molar-refractivity contribution is 8.15. The van der Waals surface area contributed by atoms with Gasteiger partial charge in [0, 0.05) is 7.11 Å². The molecular formula is C21H26N2O4S. The molecule has 1 amide bonds. The van der Waals surface area contributed by atoms with Gasteiger partial charge in [0.05, 0.1) is 29.2 Å². The fourth-order valence-corrected chi connectivity index (χ4v) is 4.37. The standard InChI is InChI=1S/C21H26N2O4S/c1-12(2)15-6-8-16(9-7-15)18-17(20(25)27-11-10-26-5)13(3)22-21-23(18)19(24)14(4)28-21/h6-9,12,14,18H,10-11H2,1-5H3/t14-,18-/m0/s1. The van der Waals surface area contributed by atoms with E-state index in [-0.39, 0.29) is 17.8 Å². The molecule has 0 bridgehead atoms. The summed E-state index contributed by atoms with van der Waals surface area (Å²) in [6.07, 6.45) is 0. The molecule has 2 heterocycles. The SMILES string of the molecule is COCCOC(=O)C1=C(C)N=C2S[C@@H](C)C(=O)N2[C@H]1c1ccc(C(C)C)cc1. The van der Waals surface area contributed by atoms with E-state index in [1.807, 2.05) is 31.2 Å². The van der Waals surface area contributed by atoms with Crippen LogP contribution in [0.1, 0.15) is 50.8 Å². The predicted octanol–water partition coefficient (Wildman–Crippen LogP) is 3.65. The van der Waals surface area contributed by atoms with E-state index in [4.69, 9.17) is 9.47 Å². The number of allylic oxidation sites excluding steroid dienone is 1. The highest BCUT2D eigenvalue weighted by Crippen LogP contribution is 2.43. The summed E-state index contributed by atoms with van der Waals surface area (Å²) in [5, 5.41) is 0.411. The van der Waals surface area contributed by atoms with E-state index in [0.717, 1.165) is 5.56 Å². The largest absolute Gasteiger partial charge is 0.460 e. The van der Waals surface area contributed by atoms with Gasteiger partial charge in [-0.25, -0.2) is 9.79 Å². The predicted molar refractivity (Wildman–Crippen MR) is 110 cm³/mol. The van der Waals surface area contributed by atoms with Gasteiger partial charge in [-0.15, -0.1) is 0 Å². The molecule has 2 aliphatic rings. The van der Waals surface area contributed by atoms with Crippen LogP contribution in [-0.4, -0.2) is 47.5 Å². The van der Waals surface area contributed by atoms with Crippen LogP contribution in [0.5, 0.6) is 0 Å². The summed E-state index contributed by atoms with van der Waals surface area (Å²) >= 11 is 1.42. The fraction of sp³-hybridized carbons (Fsp3) is 0.476. The van der Waals surface area contributed by atoms with Gasteiger partial charge < -0.3 is 9.47 Å². The van der Waals surface area contributed by atoms with Crippen molar-refractivity contribution in [2.24, 2.45) is 4.99 Å². The van der Waals surface area contributed by atoms with E-state index in [0.29, 0.717) is 29.0 Å². The summed E-state index contributed by atoms with van der Waals surface area (Å²) in [6.45, 7) is 8.38. The Hall–Kier alpha value is -2.12. The van der Waals surface area contributed by atoms with Crippen LogP contribution in [0.15, 0.2) is 40.5 Å². The zero-order valence-electron chi connectivity index (χ0n) is 16.9. The van der Waals surface area contributed by atoms with Crippen LogP contribution >= 0.6 is 11.8 Å². The molecule has 28 heavy (non-hydrogen) atoms. The molecule has 1 aromatic rings. The highest BCUT2D eigenvalue weighted by atomic mass is 32.2. The first-order valence-corrected chi connectivity index (χ1v) is 10.3. The first-order chi connectivity index (χ1) is 13.3. The number of aliphatic imine (C=N–C) groups is 1. The van der Waals surface area contributed by atoms with E-state index in [1.165, 1.54) is 17.3 Å². The number of nitrogens with zero attached hydrogens (tertiary/aromatic N) is 2. The number of carbonyl (C=O) groups is 2. The van der Waals surface area contributed by atoms with Crippen LogP contribution in [0.3, 0.4) is 0 Å². The third kappa shape index (κ3) is 3.86. The van der Waals surface area contributed by atoms with E-state index in [1.54, 1.807) is 18.9 Å². The fourth-order valence-electron chi connectivity index (χ4n) is 3.34. The molecule has 0 aliphatic carbocycles. The Kier molecular flexibility index (Phi) is 6.25. The molecule has 6 nitrogen and oxygen atoms in total. The normalized spacial score (nSPS) is 21.9. The van der Waals surface area contributed by atoms with Crippen LogP contribution in [0.4, 0.5) is 0 Å². The van der Waals surface area contributed by atoms with Gasteiger partial charge >= 0.3 is 5.97 Å². The first-order valence-electron chi connectivity index (χ1n) is 9.40. The molecular weight excluding hydrogens is 376 g/mol. The maximum absolute atomic E-state index is 12.9. The number of hydrogen-bond acceptors (Lipinski definition) is 6. The van der Waals surface area contributed by atoms with E-state index in [2.05, 4.69) is 18.8 Å². The Bertz CT molecular complexity index is 829. The van der Waals surface area contributed by atoms with Crippen molar-refractivity contribution in [2.75, 3.05) is 20.3 Å². The molecule has 0 unspecified atom stereocenters. The number of amides is 1. The van der Waals surface area contributed by atoms with Gasteiger partial charge in [-0.05, 0) is 30.9 Å². The van der Waals surface area contributed by atoms with Crippen LogP contribution in [0.25, 0.3) is 0 Å². The maximum Gasteiger partial charge on any atom is 0.338 e. The minimum absolute atomic E-state index is 0.0450. The maximum atomic E-state index is 12.9. The Labute approximate surface area is 170 Å². The summed E-state index contributed by atoms with van der Waals surface area (Å²) in [5.41, 5.74) is 3.06. The van der Waals surface area contributed by atoms with Gasteiger partial charge in [0.2, 0.25) is 5.91 Å². The van der Waals surface area contributed by atoms with Crippen molar-refractivity contribution in [3.8, 4) is 0 Å². The molecule has 0 spiro atoms. The molecule has 3 rings (SSSR count). The third-order valence-corrected chi connectivity index (χ3v) is 5.97. The molecule has 1 saturated heterocycles. The number of hydrogen-bond donors (Lipinski definition) is 0. The van der Waals surface area contributed by atoms with E-state index in [9.17, 15) is 9.59 Å². The molecule has 2 aliphatic heterocycles. The lowest BCUT2D eigenvalue weighted by atomic mass is 9.92. The van der Waals surface area contributed by atoms with Crippen molar-refractivity contribution >= 4 is 28.8 Å². The minimum Gasteiger partial charge on any atom is -0.460 e. The van der Waals surface area contributed by atoms with Crippen LogP contribution in [0, 0.1) is 0 Å².